The summed E-state index contributed by atoms with van der Waals surface area (Å²) in [7, 11) is 0. The number of unbranched alkanes of at least 4 members (excludes halogenated alkanes) is 3. The molecule has 4 aromatic carbocycles. The predicted octanol–water partition coefficient (Wildman–Crippen LogP) is 17.0. The third-order valence-electron chi connectivity index (χ3n) is 14.1. The molecule has 0 aromatic heterocycles. The van der Waals surface area contributed by atoms with E-state index < -0.39 is 17.4 Å². The number of rotatable bonds is 14. The summed E-state index contributed by atoms with van der Waals surface area (Å²) in [4.78, 5) is 0. The Balaban J connectivity index is 0.00000410. The van der Waals surface area contributed by atoms with E-state index in [1.54, 1.807) is 33.4 Å². The van der Waals surface area contributed by atoms with E-state index in [1.807, 2.05) is 0 Å². The third-order valence-corrected chi connectivity index (χ3v) is 37.6. The molecule has 4 aromatic rings. The van der Waals surface area contributed by atoms with Crippen molar-refractivity contribution >= 4 is 43.3 Å². The number of allylic oxidation sites excluding steroid dienone is 3. The second-order valence-corrected chi connectivity index (χ2v) is 50.9. The Morgan fingerprint density at radius 1 is 0.656 bits per heavy atom. The van der Waals surface area contributed by atoms with E-state index in [4.69, 9.17) is 4.74 Å². The number of halogens is 2. The summed E-state index contributed by atoms with van der Waals surface area (Å²) in [6, 6.07) is 33.7. The Bertz CT molecular complexity index is 2280. The second kappa shape index (κ2) is 19.6. The van der Waals surface area contributed by atoms with Gasteiger partial charge in [-0.2, -0.15) is 0 Å². The van der Waals surface area contributed by atoms with E-state index in [2.05, 4.69) is 193 Å². The fourth-order valence-electron chi connectivity index (χ4n) is 11.2. The molecule has 61 heavy (non-hydrogen) atoms. The minimum Gasteiger partial charge on any atom is -0.147 e. The van der Waals surface area contributed by atoms with Crippen LogP contribution in [0.15, 0.2) is 96.1 Å². The molecule has 0 saturated carbocycles. The third kappa shape index (κ3) is 10.8. The van der Waals surface area contributed by atoms with E-state index in [0.29, 0.717) is 13.2 Å². The molecule has 1 nitrogen and oxygen atoms in total. The van der Waals surface area contributed by atoms with Gasteiger partial charge in [0.2, 0.25) is 0 Å². The fraction of sp³-hybridized carbons (Fsp3) is 0.500. The minimum absolute atomic E-state index is 0. The molecular formula is C56H80Cl2OSiZr. The average molecular weight is 959 g/mol. The van der Waals surface area contributed by atoms with Crippen molar-refractivity contribution in [3.05, 3.63) is 129 Å². The predicted molar refractivity (Wildman–Crippen MR) is 275 cm³/mol. The van der Waals surface area contributed by atoms with Crippen LogP contribution in [-0.2, 0) is 33.0 Å². The molecule has 2 unspecified atom stereocenters. The summed E-state index contributed by atoms with van der Waals surface area (Å²) in [5.74, 6) is 0.484. The molecule has 0 radical (unpaired) electrons. The van der Waals surface area contributed by atoms with Crippen LogP contribution in [0.2, 0.25) is 8.76 Å². The molecule has 332 valence electrons. The largest absolute Gasteiger partial charge is 0.147 e. The molecule has 6 rings (SSSR count). The van der Waals surface area contributed by atoms with Gasteiger partial charge in [-0.15, -0.1) is 24.8 Å². The van der Waals surface area contributed by atoms with Crippen molar-refractivity contribution in [3.8, 4) is 22.3 Å². The number of ether oxygens (including phenoxy) is 1. The number of hydrogen-bond acceptors (Lipinski definition) is 1. The van der Waals surface area contributed by atoms with Crippen LogP contribution < -0.4 is 0 Å². The first-order valence-electron chi connectivity index (χ1n) is 23.1. The molecule has 2 aliphatic rings. The Morgan fingerprint density at radius 3 is 1.67 bits per heavy atom. The molecule has 0 spiro atoms. The standard InChI is InChI=1S/C30H41O.C22H25.C3H7.CH3.2ClH.H2Si.Zr/c1-22-21-24-13-12-15-27(23-16-18-25(19-17-23)29(2,3)4)28(24)26(22)14-10-8-9-11-20-31-30(5,6)7;1-15(2)18-13-17-7-6-8-20(21(17)14-18)16-9-11-19(12-10-16)22(3,4)5;1-3-2;;;;;/h12-13,15-19,21H,8-11,14,20H2,1-7H3;6-15H,1-5H3;1,3H2,2H3;1H3;2*1H;1H2;. The molecule has 2 atom stereocenters. The Hall–Kier alpha value is -2.00. The minimum atomic E-state index is -3.96. The zero-order valence-electron chi connectivity index (χ0n) is 40.5. The van der Waals surface area contributed by atoms with E-state index in [9.17, 15) is 0 Å². The van der Waals surface area contributed by atoms with Crippen molar-refractivity contribution in [1.29, 1.82) is 0 Å². The van der Waals surface area contributed by atoms with Gasteiger partial charge in [-0.3, -0.25) is 0 Å². The van der Waals surface area contributed by atoms with Crippen LogP contribution >= 0.6 is 24.8 Å². The molecule has 0 N–H and O–H groups in total. The van der Waals surface area contributed by atoms with Crippen molar-refractivity contribution in [3.63, 3.8) is 0 Å². The smallest absolute Gasteiger partial charge is 0.147 e. The average Bonchev–Trinajstić information content (AvgIpc) is 3.70. The van der Waals surface area contributed by atoms with Gasteiger partial charge in [0.25, 0.3) is 0 Å². The number of hydrogen-bond donors (Lipinski definition) is 0. The van der Waals surface area contributed by atoms with E-state index >= 15 is 0 Å². The monoisotopic (exact) mass is 956 g/mol. The molecule has 0 fully saturated rings. The quantitative estimate of drug-likeness (QED) is 0.0904. The number of fused-ring (bicyclic) bond motifs is 2. The molecule has 0 saturated heterocycles. The van der Waals surface area contributed by atoms with E-state index in [0.717, 1.165) is 19.4 Å². The van der Waals surface area contributed by atoms with Crippen LogP contribution in [0.25, 0.3) is 33.9 Å². The maximum atomic E-state index is 6.09. The van der Waals surface area contributed by atoms with Crippen LogP contribution in [0.4, 0.5) is 0 Å². The maximum Gasteiger partial charge on any atom is -0.147 e. The Morgan fingerprint density at radius 2 is 1.16 bits per heavy atom. The van der Waals surface area contributed by atoms with Gasteiger partial charge in [0.05, 0.1) is 0 Å². The molecule has 5 heteroatoms. The van der Waals surface area contributed by atoms with E-state index in [-0.39, 0.29) is 41.2 Å². The normalized spacial score (nSPS) is 16.9. The summed E-state index contributed by atoms with van der Waals surface area (Å²) >= 11 is -3.96. The molecular weight excluding hydrogens is 879 g/mol. The molecule has 0 aliphatic heterocycles. The first kappa shape index (κ1) is 51.6. The van der Waals surface area contributed by atoms with Crippen LogP contribution in [-0.4, -0.2) is 19.1 Å². The first-order chi connectivity index (χ1) is 27.6. The van der Waals surface area contributed by atoms with Gasteiger partial charge >= 0.3 is 366 Å². The molecule has 2 aliphatic carbocycles. The second-order valence-electron chi connectivity index (χ2n) is 22.5. The van der Waals surface area contributed by atoms with Crippen LogP contribution in [0.3, 0.4) is 0 Å². The van der Waals surface area contributed by atoms with Gasteiger partial charge in [-0.05, 0) is 0 Å². The summed E-state index contributed by atoms with van der Waals surface area (Å²) in [6.45, 7) is 33.8. The van der Waals surface area contributed by atoms with Crippen molar-refractivity contribution in [1.82, 2.24) is 0 Å². The van der Waals surface area contributed by atoms with Gasteiger partial charge in [0.1, 0.15) is 0 Å². The van der Waals surface area contributed by atoms with Crippen molar-refractivity contribution in [2.75, 3.05) is 6.61 Å². The summed E-state index contributed by atoms with van der Waals surface area (Å²) in [6.07, 6.45) is 9.88. The molecule has 0 bridgehead atoms. The molecule has 0 heterocycles. The van der Waals surface area contributed by atoms with Gasteiger partial charge in [0, 0.05) is 0 Å². The first-order valence-corrected chi connectivity index (χ1v) is 36.1. The van der Waals surface area contributed by atoms with Crippen LogP contribution in [0.1, 0.15) is 169 Å². The maximum absolute atomic E-state index is 6.09. The van der Waals surface area contributed by atoms with Gasteiger partial charge in [-0.1, -0.05) is 0 Å². The zero-order chi connectivity index (χ0) is 43.2. The van der Waals surface area contributed by atoms with Gasteiger partial charge in [-0.25, -0.2) is 0 Å². The van der Waals surface area contributed by atoms with Gasteiger partial charge in [0.15, 0.2) is 0 Å². The SMILES string of the molecule is CC[CH2][Zr]([CH3])(=[SiH2])([CH]1C(C(C)C)=Cc2c(-c3ccc(C(C)(C)C)cc3)cccc21)[CH]1C(C)=C(CCCCCCOC(C)(C)C)c2c(-c3ccc(C(C)(C)C)cc3)cccc21.Cl.Cl. The molecule has 0 amide bonds. The van der Waals surface area contributed by atoms with Crippen molar-refractivity contribution in [2.45, 2.75) is 161 Å². The van der Waals surface area contributed by atoms with Gasteiger partial charge < -0.3 is 0 Å². The fourth-order valence-corrected chi connectivity index (χ4v) is 37.7. The Kier molecular flexibility index (Phi) is 16.6. The van der Waals surface area contributed by atoms with E-state index in [1.165, 1.54) is 68.8 Å². The van der Waals surface area contributed by atoms with Crippen molar-refractivity contribution in [2.24, 2.45) is 5.92 Å². The van der Waals surface area contributed by atoms with Crippen molar-refractivity contribution < 1.29 is 22.1 Å². The summed E-state index contributed by atoms with van der Waals surface area (Å²) < 4.78 is 11.4. The van der Waals surface area contributed by atoms with Crippen LogP contribution in [0.5, 0.6) is 0 Å². The Labute approximate surface area is 387 Å². The topological polar surface area (TPSA) is 9.23 Å². The summed E-state index contributed by atoms with van der Waals surface area (Å²) in [5, 5.41) is 0. The summed E-state index contributed by atoms with van der Waals surface area (Å²) in [5.41, 5.74) is 19.8. The van der Waals surface area contributed by atoms with Crippen LogP contribution in [0, 0.1) is 5.92 Å². The number of benzene rings is 4. The zero-order valence-corrected chi connectivity index (χ0v) is 46.0.